The number of benzene rings is 2. The quantitative estimate of drug-likeness (QED) is 0.149. The van der Waals surface area contributed by atoms with Crippen LogP contribution < -0.4 is 11.5 Å². The van der Waals surface area contributed by atoms with Gasteiger partial charge in [0.25, 0.3) is 5.78 Å². The van der Waals surface area contributed by atoms with E-state index in [2.05, 4.69) is 17.8 Å². The first-order valence-corrected chi connectivity index (χ1v) is 12.2. The van der Waals surface area contributed by atoms with Crippen LogP contribution in [-0.4, -0.2) is 23.2 Å². The molecule has 0 heterocycles. The summed E-state index contributed by atoms with van der Waals surface area (Å²) >= 11 is 11.1. The van der Waals surface area contributed by atoms with Crippen LogP contribution in [0.15, 0.2) is 36.4 Å². The van der Waals surface area contributed by atoms with Crippen molar-refractivity contribution in [1.29, 1.82) is 0 Å². The third-order valence-corrected chi connectivity index (χ3v) is 5.76. The topological polar surface area (TPSA) is 89.3 Å². The van der Waals surface area contributed by atoms with Gasteiger partial charge in [0.05, 0.1) is 5.56 Å². The van der Waals surface area contributed by atoms with Crippen LogP contribution in [0.4, 0.5) is 37.7 Å². The van der Waals surface area contributed by atoms with Crippen molar-refractivity contribution in [2.45, 2.75) is 50.6 Å². The number of ketones is 1. The van der Waals surface area contributed by atoms with Gasteiger partial charge in [-0.1, -0.05) is 35.0 Å². The number of nitrogen functional groups attached to an aromatic ring is 2. The lowest BCUT2D eigenvalue weighted by molar-refractivity contribution is -0.240. The predicted molar refractivity (Wildman–Crippen MR) is 139 cm³/mol. The fraction of sp³-hybridized carbons (Fsp3) is 0.370. The largest absolute Gasteiger partial charge is 0.454 e. The molecule has 39 heavy (non-hydrogen) atoms. The molecule has 0 saturated heterocycles. The van der Waals surface area contributed by atoms with Gasteiger partial charge in [-0.25, -0.2) is 0 Å². The van der Waals surface area contributed by atoms with E-state index in [1.54, 1.807) is 0 Å². The molecule has 0 amide bonds. The van der Waals surface area contributed by atoms with Crippen molar-refractivity contribution in [2.75, 3.05) is 11.5 Å². The van der Waals surface area contributed by atoms with Gasteiger partial charge in [-0.05, 0) is 69.0 Å². The van der Waals surface area contributed by atoms with Gasteiger partial charge in [-0.3, -0.25) is 4.79 Å². The smallest absolute Gasteiger partial charge is 0.398 e. The molecule has 4 rings (SSSR count). The molecule has 2 aromatic carbocycles. The molecule has 2 aliphatic rings. The summed E-state index contributed by atoms with van der Waals surface area (Å²) in [5.74, 6) is 9.03. The van der Waals surface area contributed by atoms with Crippen LogP contribution in [-0.2, 0) is 5.60 Å². The first-order chi connectivity index (χ1) is 18.0. The average Bonchev–Trinajstić information content (AvgIpc) is 3.76. The Bertz CT molecular complexity index is 1310. The summed E-state index contributed by atoms with van der Waals surface area (Å²) in [5, 5.41) is 10.1. The molecule has 2 aliphatic carbocycles. The lowest BCUT2D eigenvalue weighted by Crippen LogP contribution is -2.41. The number of hydrogen-bond acceptors (Lipinski definition) is 4. The highest BCUT2D eigenvalue weighted by molar-refractivity contribution is 6.31. The molecule has 0 aliphatic heterocycles. The number of carbonyl (C=O) groups excluding carboxylic acids is 1. The minimum atomic E-state index is -4.95. The standard InChI is InChI=1S/C13H11ClF3NO.C8H5ClF3NO.C6H8/c14-9-3-4-11(18)10(7-9)12(19,13(15,16)17)6-5-8-1-2-8;9-4-1-2-6(13)5(3-4)7(14)8(10,11)12;1-2-3-6-4-5-6/h3-4,7-8,19H,1-2,18H2;1-3H,13H2;6H,4-5H2,1H3/t12-;;/m0../s1. The van der Waals surface area contributed by atoms with Gasteiger partial charge >= 0.3 is 12.4 Å². The number of alkyl halides is 6. The van der Waals surface area contributed by atoms with E-state index in [-0.39, 0.29) is 27.3 Å². The highest BCUT2D eigenvalue weighted by Crippen LogP contribution is 2.42. The molecule has 2 saturated carbocycles. The number of halogens is 8. The van der Waals surface area contributed by atoms with Crippen molar-refractivity contribution in [3.63, 3.8) is 0 Å². The molecule has 2 fully saturated rings. The molecule has 4 nitrogen and oxygen atoms in total. The molecule has 5 N–H and O–H groups in total. The lowest BCUT2D eigenvalue weighted by Gasteiger charge is -2.27. The minimum absolute atomic E-state index is 0.0341. The van der Waals surface area contributed by atoms with E-state index in [9.17, 15) is 36.2 Å². The number of carbonyl (C=O) groups is 1. The van der Waals surface area contributed by atoms with Crippen LogP contribution in [0, 0.1) is 35.5 Å². The fourth-order valence-corrected chi connectivity index (χ4v) is 3.22. The third-order valence-electron chi connectivity index (χ3n) is 5.29. The third kappa shape index (κ3) is 9.58. The Morgan fingerprint density at radius 3 is 1.79 bits per heavy atom. The minimum Gasteiger partial charge on any atom is -0.398 e. The van der Waals surface area contributed by atoms with Gasteiger partial charge in [0, 0.05) is 38.8 Å². The molecule has 0 spiro atoms. The number of anilines is 2. The second-order valence-corrected chi connectivity index (χ2v) is 9.58. The van der Waals surface area contributed by atoms with Crippen molar-refractivity contribution in [1.82, 2.24) is 0 Å². The molecular weight excluding hydrogens is 569 g/mol. The van der Waals surface area contributed by atoms with Crippen LogP contribution in [0.3, 0.4) is 0 Å². The van der Waals surface area contributed by atoms with Gasteiger partial charge in [0.15, 0.2) is 0 Å². The maximum atomic E-state index is 13.1. The van der Waals surface area contributed by atoms with E-state index in [0.29, 0.717) is 0 Å². The van der Waals surface area contributed by atoms with Crippen molar-refractivity contribution in [3.8, 4) is 23.7 Å². The van der Waals surface area contributed by atoms with E-state index in [1.165, 1.54) is 31.0 Å². The molecule has 0 bridgehead atoms. The molecule has 2 aromatic rings. The molecular formula is C27H24Cl2F6N2O2. The van der Waals surface area contributed by atoms with Crippen LogP contribution in [0.25, 0.3) is 0 Å². The summed E-state index contributed by atoms with van der Waals surface area (Å²) in [5.41, 5.74) is 5.84. The van der Waals surface area contributed by atoms with Crippen LogP contribution in [0.5, 0.6) is 0 Å². The summed E-state index contributed by atoms with van der Waals surface area (Å²) < 4.78 is 75.4. The zero-order valence-electron chi connectivity index (χ0n) is 20.5. The number of hydrogen-bond donors (Lipinski definition) is 3. The molecule has 1 atom stereocenters. The van der Waals surface area contributed by atoms with Crippen LogP contribution in [0.1, 0.15) is 48.5 Å². The van der Waals surface area contributed by atoms with E-state index in [0.717, 1.165) is 37.0 Å². The average molecular weight is 593 g/mol. The van der Waals surface area contributed by atoms with Gasteiger partial charge < -0.3 is 16.6 Å². The molecule has 0 aromatic heterocycles. The van der Waals surface area contributed by atoms with Crippen molar-refractivity contribution in [2.24, 2.45) is 11.8 Å². The van der Waals surface area contributed by atoms with Crippen LogP contribution in [0.2, 0.25) is 10.0 Å². The summed E-state index contributed by atoms with van der Waals surface area (Å²) in [7, 11) is 0. The number of aliphatic hydroxyl groups is 1. The van der Waals surface area contributed by atoms with E-state index in [4.69, 9.17) is 34.7 Å². The highest BCUT2D eigenvalue weighted by Gasteiger charge is 2.55. The van der Waals surface area contributed by atoms with E-state index < -0.39 is 34.9 Å². The van der Waals surface area contributed by atoms with Crippen molar-refractivity contribution >= 4 is 40.4 Å². The Morgan fingerprint density at radius 2 is 1.36 bits per heavy atom. The van der Waals surface area contributed by atoms with Crippen molar-refractivity contribution in [3.05, 3.63) is 57.6 Å². The first-order valence-electron chi connectivity index (χ1n) is 11.5. The molecule has 0 unspecified atom stereocenters. The van der Waals surface area contributed by atoms with Gasteiger partial charge in [-0.2, -0.15) is 26.3 Å². The molecule has 0 radical (unpaired) electrons. The number of Topliss-reactive ketones (excluding diaryl/α,β-unsaturated/α-hetero) is 1. The van der Waals surface area contributed by atoms with Gasteiger partial charge in [-0.15, -0.1) is 11.8 Å². The number of nitrogens with two attached hydrogens (primary N) is 2. The summed E-state index contributed by atoms with van der Waals surface area (Å²) in [4.78, 5) is 10.8. The zero-order chi connectivity index (χ0) is 29.6. The second kappa shape index (κ2) is 12.9. The fourth-order valence-electron chi connectivity index (χ4n) is 2.88. The van der Waals surface area contributed by atoms with Crippen molar-refractivity contribution < 1.29 is 36.2 Å². The summed E-state index contributed by atoms with van der Waals surface area (Å²) in [6, 6.07) is 6.92. The second-order valence-electron chi connectivity index (χ2n) is 8.71. The lowest BCUT2D eigenvalue weighted by atomic mass is 9.92. The van der Waals surface area contributed by atoms with Gasteiger partial charge in [0.2, 0.25) is 5.60 Å². The predicted octanol–water partition coefficient (Wildman–Crippen LogP) is 7.17. The maximum absolute atomic E-state index is 13.1. The SMILES string of the molecule is CC#CC1CC1.Nc1ccc(Cl)cc1C(=O)C(F)(F)F.Nc1ccc(Cl)cc1[C@@](O)(C#CC1CC1)C(F)(F)F. The first kappa shape index (κ1) is 32.2. The number of rotatable bonds is 2. The highest BCUT2D eigenvalue weighted by atomic mass is 35.5. The Hall–Kier alpha value is -3.05. The Morgan fingerprint density at radius 1 is 0.872 bits per heavy atom. The monoisotopic (exact) mass is 592 g/mol. The van der Waals surface area contributed by atoms with Crippen LogP contribution >= 0.6 is 23.2 Å². The zero-order valence-corrected chi connectivity index (χ0v) is 22.0. The normalized spacial score (nSPS) is 15.9. The summed E-state index contributed by atoms with van der Waals surface area (Å²) in [6.07, 6.45) is -5.67. The van der Waals surface area contributed by atoms with E-state index >= 15 is 0 Å². The van der Waals surface area contributed by atoms with Gasteiger partial charge in [0.1, 0.15) is 0 Å². The summed E-state index contributed by atoms with van der Waals surface area (Å²) in [6.45, 7) is 1.90. The van der Waals surface area contributed by atoms with E-state index in [1.807, 2.05) is 12.8 Å². The Kier molecular flexibility index (Phi) is 10.6. The molecule has 210 valence electrons. The molecule has 12 heteroatoms. The Labute approximate surface area is 231 Å². The maximum Gasteiger partial charge on any atom is 0.454 e. The Balaban J connectivity index is 0.000000232.